The third-order valence-corrected chi connectivity index (χ3v) is 8.57. The summed E-state index contributed by atoms with van der Waals surface area (Å²) in [6, 6.07) is 17.1. The number of hydrogen-bond acceptors (Lipinski definition) is 4. The molecule has 0 unspecified atom stereocenters. The minimum Gasteiger partial charge on any atom is -0.481 e. The van der Waals surface area contributed by atoms with Crippen LogP contribution in [0, 0.1) is 5.92 Å². The number of aromatic nitrogens is 2. The van der Waals surface area contributed by atoms with Crippen LogP contribution < -0.4 is 5.32 Å². The van der Waals surface area contributed by atoms with E-state index in [9.17, 15) is 9.90 Å². The minimum atomic E-state index is -0.666. The number of para-hydroxylation sites is 1. The SMILES string of the molecule is CC1(C)CCCC(C)(C)N1Cc1ccc2nc(Nc3ccccc3)n(C3CCC(C(=O)O)CC3)c2c1. The molecule has 1 aliphatic heterocycles. The Morgan fingerprint density at radius 3 is 2.31 bits per heavy atom. The molecule has 2 N–H and O–H groups in total. The first-order chi connectivity index (χ1) is 17.1. The van der Waals surface area contributed by atoms with E-state index in [1.54, 1.807) is 0 Å². The van der Waals surface area contributed by atoms with E-state index < -0.39 is 5.97 Å². The number of fused-ring (bicyclic) bond motifs is 1. The topological polar surface area (TPSA) is 70.4 Å². The first kappa shape index (κ1) is 24.8. The molecule has 2 aromatic carbocycles. The summed E-state index contributed by atoms with van der Waals surface area (Å²) in [6.45, 7) is 10.4. The fourth-order valence-corrected chi connectivity index (χ4v) is 6.58. The number of carboxylic acids is 1. The minimum absolute atomic E-state index is 0.159. The van der Waals surface area contributed by atoms with E-state index in [4.69, 9.17) is 4.98 Å². The van der Waals surface area contributed by atoms with Crippen LogP contribution >= 0.6 is 0 Å². The first-order valence-corrected chi connectivity index (χ1v) is 13.5. The van der Waals surface area contributed by atoms with Crippen molar-refractivity contribution in [3.05, 3.63) is 54.1 Å². The second-order valence-corrected chi connectivity index (χ2v) is 12.0. The zero-order chi connectivity index (χ0) is 25.5. The molecule has 0 bridgehead atoms. The average Bonchev–Trinajstić information content (AvgIpc) is 3.19. The van der Waals surface area contributed by atoms with Gasteiger partial charge in [0.15, 0.2) is 0 Å². The van der Waals surface area contributed by atoms with E-state index in [1.165, 1.54) is 24.8 Å². The fraction of sp³-hybridized carbons (Fsp3) is 0.533. The van der Waals surface area contributed by atoms with Crippen molar-refractivity contribution < 1.29 is 9.90 Å². The summed E-state index contributed by atoms with van der Waals surface area (Å²) >= 11 is 0. The van der Waals surface area contributed by atoms with E-state index in [2.05, 4.69) is 72.8 Å². The maximum absolute atomic E-state index is 11.6. The van der Waals surface area contributed by atoms with E-state index in [0.717, 1.165) is 42.1 Å². The van der Waals surface area contributed by atoms with Gasteiger partial charge in [0.2, 0.25) is 5.95 Å². The monoisotopic (exact) mass is 488 g/mol. The lowest BCUT2D eigenvalue weighted by molar-refractivity contribution is -0.143. The van der Waals surface area contributed by atoms with E-state index >= 15 is 0 Å². The first-order valence-electron chi connectivity index (χ1n) is 13.5. The van der Waals surface area contributed by atoms with Crippen LogP contribution in [0.5, 0.6) is 0 Å². The Balaban J connectivity index is 1.52. The highest BCUT2D eigenvalue weighted by atomic mass is 16.4. The Bertz CT molecular complexity index is 1210. The summed E-state index contributed by atoms with van der Waals surface area (Å²) in [4.78, 5) is 19.2. The molecule has 36 heavy (non-hydrogen) atoms. The summed E-state index contributed by atoms with van der Waals surface area (Å²) < 4.78 is 2.34. The molecule has 6 nitrogen and oxygen atoms in total. The smallest absolute Gasteiger partial charge is 0.306 e. The highest BCUT2D eigenvalue weighted by Crippen LogP contribution is 2.41. The number of benzene rings is 2. The molecule has 1 saturated carbocycles. The molecule has 2 aliphatic rings. The Kier molecular flexibility index (Phi) is 6.58. The van der Waals surface area contributed by atoms with Crippen molar-refractivity contribution in [1.82, 2.24) is 14.5 Å². The third-order valence-electron chi connectivity index (χ3n) is 8.57. The van der Waals surface area contributed by atoms with Crippen LogP contribution in [0.15, 0.2) is 48.5 Å². The molecule has 5 rings (SSSR count). The van der Waals surface area contributed by atoms with E-state index in [0.29, 0.717) is 12.8 Å². The number of anilines is 2. The Hall–Kier alpha value is -2.86. The number of aliphatic carboxylic acids is 1. The molecule has 6 heteroatoms. The van der Waals surface area contributed by atoms with Crippen LogP contribution in [-0.2, 0) is 11.3 Å². The van der Waals surface area contributed by atoms with Crippen molar-refractivity contribution in [2.24, 2.45) is 5.92 Å². The van der Waals surface area contributed by atoms with Gasteiger partial charge in [-0.2, -0.15) is 0 Å². The maximum atomic E-state index is 11.6. The number of rotatable bonds is 6. The Labute approximate surface area is 214 Å². The number of hydrogen-bond donors (Lipinski definition) is 2. The second-order valence-electron chi connectivity index (χ2n) is 12.0. The van der Waals surface area contributed by atoms with Crippen molar-refractivity contribution in [2.75, 3.05) is 5.32 Å². The standard InChI is InChI=1S/C30H40N4O2/c1-29(2)17-8-18-30(3,4)33(29)20-21-11-16-25-26(19-21)34(24-14-12-22(13-15-24)27(35)36)28(32-25)31-23-9-6-5-7-10-23/h5-7,9-11,16,19,22,24H,8,12-15,17-18,20H2,1-4H3,(H,31,32)(H,35,36). The average molecular weight is 489 g/mol. The van der Waals surface area contributed by atoms with Gasteiger partial charge in [0.1, 0.15) is 0 Å². The Morgan fingerprint density at radius 2 is 1.67 bits per heavy atom. The molecular weight excluding hydrogens is 448 g/mol. The van der Waals surface area contributed by atoms with Crippen LogP contribution in [0.2, 0.25) is 0 Å². The van der Waals surface area contributed by atoms with Crippen molar-refractivity contribution in [1.29, 1.82) is 0 Å². The third kappa shape index (κ3) is 4.88. The van der Waals surface area contributed by atoms with Gasteiger partial charge in [-0.25, -0.2) is 4.98 Å². The maximum Gasteiger partial charge on any atom is 0.306 e. The lowest BCUT2D eigenvalue weighted by atomic mass is 9.79. The van der Waals surface area contributed by atoms with Gasteiger partial charge in [-0.3, -0.25) is 9.69 Å². The van der Waals surface area contributed by atoms with Crippen LogP contribution in [0.3, 0.4) is 0 Å². The molecule has 2 heterocycles. The van der Waals surface area contributed by atoms with Gasteiger partial charge in [-0.1, -0.05) is 24.3 Å². The number of nitrogens with zero attached hydrogens (tertiary/aromatic N) is 3. The number of piperidine rings is 1. The van der Waals surface area contributed by atoms with Gasteiger partial charge in [-0.05, 0) is 102 Å². The van der Waals surface area contributed by atoms with Crippen LogP contribution in [0.1, 0.15) is 84.2 Å². The van der Waals surface area contributed by atoms with Gasteiger partial charge >= 0.3 is 5.97 Å². The van der Waals surface area contributed by atoms with Gasteiger partial charge < -0.3 is 15.0 Å². The number of likely N-dealkylation sites (tertiary alicyclic amines) is 1. The van der Waals surface area contributed by atoms with Crippen LogP contribution in [0.25, 0.3) is 11.0 Å². The van der Waals surface area contributed by atoms with Crippen LogP contribution in [-0.4, -0.2) is 36.6 Å². The molecule has 0 radical (unpaired) electrons. The summed E-state index contributed by atoms with van der Waals surface area (Å²) in [5.41, 5.74) is 4.74. The highest BCUT2D eigenvalue weighted by Gasteiger charge is 2.41. The molecule has 0 amide bonds. The van der Waals surface area contributed by atoms with Crippen molar-refractivity contribution >= 4 is 28.6 Å². The quantitative estimate of drug-likeness (QED) is 0.386. The molecule has 3 aromatic rings. The Morgan fingerprint density at radius 1 is 1.00 bits per heavy atom. The molecule has 1 aliphatic carbocycles. The summed E-state index contributed by atoms with van der Waals surface area (Å²) in [5, 5.41) is 13.1. The zero-order valence-corrected chi connectivity index (χ0v) is 22.1. The van der Waals surface area contributed by atoms with E-state index in [1.807, 2.05) is 18.2 Å². The van der Waals surface area contributed by atoms with Gasteiger partial charge in [0.05, 0.1) is 17.0 Å². The second kappa shape index (κ2) is 9.55. The largest absolute Gasteiger partial charge is 0.481 e. The van der Waals surface area contributed by atoms with E-state index in [-0.39, 0.29) is 23.0 Å². The highest BCUT2D eigenvalue weighted by molar-refractivity contribution is 5.81. The summed E-state index contributed by atoms with van der Waals surface area (Å²) in [6.07, 6.45) is 6.82. The van der Waals surface area contributed by atoms with Crippen molar-refractivity contribution in [3.63, 3.8) is 0 Å². The molecule has 0 atom stereocenters. The zero-order valence-electron chi connectivity index (χ0n) is 22.1. The van der Waals surface area contributed by atoms with Gasteiger partial charge in [-0.15, -0.1) is 0 Å². The molecule has 0 spiro atoms. The number of imidazole rings is 1. The van der Waals surface area contributed by atoms with Gasteiger partial charge in [0, 0.05) is 29.4 Å². The summed E-state index contributed by atoms with van der Waals surface area (Å²) in [5.74, 6) is -0.0629. The number of nitrogens with one attached hydrogen (secondary N) is 1. The number of carbonyl (C=O) groups is 1. The molecular formula is C30H40N4O2. The lowest BCUT2D eigenvalue weighted by Gasteiger charge is -2.53. The molecule has 1 saturated heterocycles. The molecule has 2 fully saturated rings. The van der Waals surface area contributed by atoms with Gasteiger partial charge in [0.25, 0.3) is 0 Å². The predicted molar refractivity (Wildman–Crippen MR) is 146 cm³/mol. The van der Waals surface area contributed by atoms with Crippen molar-refractivity contribution in [3.8, 4) is 0 Å². The summed E-state index contributed by atoms with van der Waals surface area (Å²) in [7, 11) is 0. The lowest BCUT2D eigenvalue weighted by Crippen LogP contribution is -2.57. The normalized spacial score (nSPS) is 24.0. The van der Waals surface area contributed by atoms with Crippen LogP contribution in [0.4, 0.5) is 11.6 Å². The number of carboxylic acid groups (broad SMARTS) is 1. The fourth-order valence-electron chi connectivity index (χ4n) is 6.58. The molecule has 1 aromatic heterocycles. The van der Waals surface area contributed by atoms with Crippen molar-refractivity contribution in [2.45, 2.75) is 96.3 Å². The molecule has 192 valence electrons. The predicted octanol–water partition coefficient (Wildman–Crippen LogP) is 7.14.